The van der Waals surface area contributed by atoms with Crippen LogP contribution in [0, 0.1) is 0 Å². The highest BCUT2D eigenvalue weighted by Gasteiger charge is 2.07. The van der Waals surface area contributed by atoms with Gasteiger partial charge in [-0.3, -0.25) is 0 Å². The minimum Gasteiger partial charge on any atom is -1.00 e. The SMILES string of the molecule is OCCOCCNCc1ccc(-c2ccccc2Cl)o1.[Cl-]. The fourth-order valence-corrected chi connectivity index (χ4v) is 2.03. The van der Waals surface area contributed by atoms with Crippen molar-refractivity contribution in [1.82, 2.24) is 5.32 Å². The highest BCUT2D eigenvalue weighted by atomic mass is 35.5. The van der Waals surface area contributed by atoms with Gasteiger partial charge in [-0.25, -0.2) is 0 Å². The summed E-state index contributed by atoms with van der Waals surface area (Å²) >= 11 is 6.13. The van der Waals surface area contributed by atoms with Gasteiger partial charge in [0.1, 0.15) is 11.5 Å². The van der Waals surface area contributed by atoms with E-state index in [-0.39, 0.29) is 19.0 Å². The number of aliphatic hydroxyl groups is 1. The average Bonchev–Trinajstić information content (AvgIpc) is 2.92. The Kier molecular flexibility index (Phi) is 8.42. The van der Waals surface area contributed by atoms with Gasteiger partial charge >= 0.3 is 0 Å². The third-order valence-electron chi connectivity index (χ3n) is 2.76. The van der Waals surface area contributed by atoms with Crippen LogP contribution >= 0.6 is 11.6 Å². The molecule has 0 bridgehead atoms. The molecule has 6 heteroatoms. The summed E-state index contributed by atoms with van der Waals surface area (Å²) in [7, 11) is 0. The van der Waals surface area contributed by atoms with E-state index >= 15 is 0 Å². The zero-order valence-corrected chi connectivity index (χ0v) is 13.0. The van der Waals surface area contributed by atoms with E-state index < -0.39 is 0 Å². The fourth-order valence-electron chi connectivity index (χ4n) is 1.80. The Morgan fingerprint density at radius 3 is 2.71 bits per heavy atom. The third-order valence-corrected chi connectivity index (χ3v) is 3.09. The average molecular weight is 331 g/mol. The lowest BCUT2D eigenvalue weighted by Crippen LogP contribution is -3.00. The molecule has 0 aliphatic carbocycles. The maximum absolute atomic E-state index is 8.56. The molecule has 0 radical (unpaired) electrons. The normalized spacial score (nSPS) is 10.4. The molecule has 1 aromatic heterocycles. The molecule has 1 heterocycles. The van der Waals surface area contributed by atoms with Crippen molar-refractivity contribution in [3.05, 3.63) is 47.2 Å². The number of hydrogen-bond acceptors (Lipinski definition) is 4. The van der Waals surface area contributed by atoms with Crippen LogP contribution < -0.4 is 17.7 Å². The summed E-state index contributed by atoms with van der Waals surface area (Å²) in [5.74, 6) is 1.62. The van der Waals surface area contributed by atoms with Crippen LogP contribution in [0.4, 0.5) is 0 Å². The molecule has 0 aliphatic rings. The van der Waals surface area contributed by atoms with Crippen LogP contribution in [0.1, 0.15) is 5.76 Å². The van der Waals surface area contributed by atoms with Crippen LogP contribution in [0.25, 0.3) is 11.3 Å². The van der Waals surface area contributed by atoms with Gasteiger partial charge in [0.2, 0.25) is 0 Å². The Balaban J connectivity index is 0.00000220. The number of nitrogens with one attached hydrogen (secondary N) is 1. The zero-order chi connectivity index (χ0) is 14.2. The fraction of sp³-hybridized carbons (Fsp3) is 0.333. The molecule has 4 nitrogen and oxygen atoms in total. The highest BCUT2D eigenvalue weighted by molar-refractivity contribution is 6.33. The van der Waals surface area contributed by atoms with Crippen molar-refractivity contribution in [2.75, 3.05) is 26.4 Å². The standard InChI is InChI=1S/C15H18ClNO3.ClH/c16-14-4-2-1-3-13(14)15-6-5-12(20-15)11-17-7-9-19-10-8-18;/h1-6,17-18H,7-11H2;1H/p-1. The molecule has 0 fully saturated rings. The molecule has 0 spiro atoms. The monoisotopic (exact) mass is 330 g/mol. The molecule has 2 N–H and O–H groups in total. The van der Waals surface area contributed by atoms with Crippen molar-refractivity contribution in [3.63, 3.8) is 0 Å². The first kappa shape index (κ1) is 18.0. The Morgan fingerprint density at radius 1 is 1.14 bits per heavy atom. The van der Waals surface area contributed by atoms with Gasteiger partial charge in [0.15, 0.2) is 0 Å². The molecule has 2 rings (SSSR count). The van der Waals surface area contributed by atoms with E-state index in [1.165, 1.54) is 0 Å². The molecular formula is C15H18Cl2NO3-. The first-order chi connectivity index (χ1) is 9.81. The van der Waals surface area contributed by atoms with Crippen molar-refractivity contribution in [1.29, 1.82) is 0 Å². The zero-order valence-electron chi connectivity index (χ0n) is 11.5. The number of ether oxygens (including phenoxy) is 1. The van der Waals surface area contributed by atoms with Crippen LogP contribution in [-0.4, -0.2) is 31.5 Å². The van der Waals surface area contributed by atoms with Crippen molar-refractivity contribution >= 4 is 11.6 Å². The largest absolute Gasteiger partial charge is 1.00 e. The number of hydrogen-bond donors (Lipinski definition) is 2. The molecule has 0 aliphatic heterocycles. The van der Waals surface area contributed by atoms with E-state index in [2.05, 4.69) is 5.32 Å². The van der Waals surface area contributed by atoms with Crippen molar-refractivity contribution < 1.29 is 26.7 Å². The summed E-state index contributed by atoms with van der Waals surface area (Å²) < 4.78 is 10.9. The topological polar surface area (TPSA) is 54.6 Å². The van der Waals surface area contributed by atoms with Gasteiger partial charge in [-0.15, -0.1) is 0 Å². The smallest absolute Gasteiger partial charge is 0.135 e. The van der Waals surface area contributed by atoms with Gasteiger partial charge in [0.05, 0.1) is 31.4 Å². The van der Waals surface area contributed by atoms with Crippen LogP contribution in [0.5, 0.6) is 0 Å². The summed E-state index contributed by atoms with van der Waals surface area (Å²) in [5.41, 5.74) is 0.895. The number of halogens is 2. The third kappa shape index (κ3) is 5.69. The Bertz CT molecular complexity index is 531. The highest BCUT2D eigenvalue weighted by Crippen LogP contribution is 2.28. The van der Waals surface area contributed by atoms with Crippen molar-refractivity contribution in [2.24, 2.45) is 0 Å². The number of rotatable bonds is 8. The van der Waals surface area contributed by atoms with E-state index in [9.17, 15) is 0 Å². The number of furan rings is 1. The Morgan fingerprint density at radius 2 is 1.95 bits per heavy atom. The second kappa shape index (κ2) is 9.82. The van der Waals surface area contributed by atoms with Crippen molar-refractivity contribution in [3.8, 4) is 11.3 Å². The summed E-state index contributed by atoms with van der Waals surface area (Å²) in [6, 6.07) is 11.4. The molecule has 116 valence electrons. The predicted molar refractivity (Wildman–Crippen MR) is 78.8 cm³/mol. The van der Waals surface area contributed by atoms with E-state index in [1.54, 1.807) is 0 Å². The molecule has 0 saturated carbocycles. The molecule has 21 heavy (non-hydrogen) atoms. The van der Waals surface area contributed by atoms with Gasteiger partial charge in [-0.2, -0.15) is 0 Å². The van der Waals surface area contributed by atoms with E-state index in [0.29, 0.717) is 31.3 Å². The molecule has 1 aromatic carbocycles. The lowest BCUT2D eigenvalue weighted by Gasteiger charge is -2.03. The molecule has 0 saturated heterocycles. The maximum atomic E-state index is 8.56. The summed E-state index contributed by atoms with van der Waals surface area (Å²) in [6.45, 7) is 2.34. The summed E-state index contributed by atoms with van der Waals surface area (Å²) in [6.07, 6.45) is 0. The van der Waals surface area contributed by atoms with E-state index in [1.807, 2.05) is 36.4 Å². The lowest BCUT2D eigenvalue weighted by molar-refractivity contribution is -0.00000574. The number of aliphatic hydroxyl groups excluding tert-OH is 1. The summed E-state index contributed by atoms with van der Waals surface area (Å²) in [5, 5.41) is 12.4. The van der Waals surface area contributed by atoms with Gasteiger partial charge in [-0.1, -0.05) is 23.7 Å². The molecule has 0 unspecified atom stereocenters. The maximum Gasteiger partial charge on any atom is 0.135 e. The Hall–Kier alpha value is -1.04. The molecule has 0 amide bonds. The number of benzene rings is 1. The quantitative estimate of drug-likeness (QED) is 0.653. The Labute approximate surface area is 135 Å². The van der Waals surface area contributed by atoms with Crippen molar-refractivity contribution in [2.45, 2.75) is 6.54 Å². The van der Waals surface area contributed by atoms with Crippen LogP contribution in [0.2, 0.25) is 5.02 Å². The minimum atomic E-state index is 0. The molecular weight excluding hydrogens is 313 g/mol. The van der Waals surface area contributed by atoms with Crippen LogP contribution in [0.3, 0.4) is 0 Å². The second-order valence-electron chi connectivity index (χ2n) is 4.26. The van der Waals surface area contributed by atoms with E-state index in [0.717, 1.165) is 17.1 Å². The summed E-state index contributed by atoms with van der Waals surface area (Å²) in [4.78, 5) is 0. The molecule has 2 aromatic rings. The van der Waals surface area contributed by atoms with Gasteiger partial charge in [0.25, 0.3) is 0 Å². The second-order valence-corrected chi connectivity index (χ2v) is 4.67. The first-order valence-electron chi connectivity index (χ1n) is 6.54. The van der Waals surface area contributed by atoms with Crippen LogP contribution in [0.15, 0.2) is 40.8 Å². The van der Waals surface area contributed by atoms with Crippen LogP contribution in [-0.2, 0) is 11.3 Å². The minimum absolute atomic E-state index is 0. The van der Waals surface area contributed by atoms with E-state index in [4.69, 9.17) is 25.9 Å². The molecule has 0 atom stereocenters. The predicted octanol–water partition coefficient (Wildman–Crippen LogP) is -0.297. The first-order valence-corrected chi connectivity index (χ1v) is 6.92. The van der Waals surface area contributed by atoms with Gasteiger partial charge in [0, 0.05) is 12.1 Å². The van der Waals surface area contributed by atoms with Gasteiger partial charge in [-0.05, 0) is 24.3 Å². The van der Waals surface area contributed by atoms with Gasteiger partial charge < -0.3 is 32.0 Å². The lowest BCUT2D eigenvalue weighted by atomic mass is 10.2.